The standard InChI is InChI=1S/C19H22BrNO4/c1-13-10-17(8-9-18(13)20)25-12-19(22)21-14(2)11-24-16-6-4-15(23-3)5-7-16/h4-10,14H,11-12H2,1-3H3,(H,21,22). The van der Waals surface area contributed by atoms with E-state index in [2.05, 4.69) is 21.2 Å². The Balaban J connectivity index is 1.72. The van der Waals surface area contributed by atoms with Crippen molar-refractivity contribution in [1.29, 1.82) is 0 Å². The number of nitrogens with one attached hydrogen (secondary N) is 1. The highest BCUT2D eigenvalue weighted by atomic mass is 79.9. The van der Waals surface area contributed by atoms with E-state index in [0.29, 0.717) is 12.4 Å². The van der Waals surface area contributed by atoms with Crippen LogP contribution in [0.4, 0.5) is 0 Å². The third kappa shape index (κ3) is 6.31. The van der Waals surface area contributed by atoms with Gasteiger partial charge in [-0.2, -0.15) is 0 Å². The lowest BCUT2D eigenvalue weighted by atomic mass is 10.2. The quantitative estimate of drug-likeness (QED) is 0.724. The average Bonchev–Trinajstić information content (AvgIpc) is 2.61. The van der Waals surface area contributed by atoms with Gasteiger partial charge in [0, 0.05) is 4.47 Å². The molecule has 134 valence electrons. The van der Waals surface area contributed by atoms with Crippen LogP contribution in [0.15, 0.2) is 46.9 Å². The van der Waals surface area contributed by atoms with E-state index in [-0.39, 0.29) is 18.6 Å². The topological polar surface area (TPSA) is 56.8 Å². The summed E-state index contributed by atoms with van der Waals surface area (Å²) in [7, 11) is 1.62. The van der Waals surface area contributed by atoms with Crippen molar-refractivity contribution in [1.82, 2.24) is 5.32 Å². The first kappa shape index (κ1) is 19.1. The second kappa shape index (κ2) is 9.32. The fourth-order valence-corrected chi connectivity index (χ4v) is 2.35. The van der Waals surface area contributed by atoms with Gasteiger partial charge in [0.1, 0.15) is 23.9 Å². The Bertz CT molecular complexity index is 703. The summed E-state index contributed by atoms with van der Waals surface area (Å²) < 4.78 is 17.3. The molecule has 0 fully saturated rings. The van der Waals surface area contributed by atoms with E-state index in [4.69, 9.17) is 14.2 Å². The van der Waals surface area contributed by atoms with Gasteiger partial charge in [0.15, 0.2) is 6.61 Å². The van der Waals surface area contributed by atoms with E-state index < -0.39 is 0 Å². The van der Waals surface area contributed by atoms with Crippen LogP contribution in [0.2, 0.25) is 0 Å². The molecule has 0 bridgehead atoms. The Morgan fingerprint density at radius 2 is 1.72 bits per heavy atom. The second-order valence-corrected chi connectivity index (χ2v) is 6.51. The van der Waals surface area contributed by atoms with E-state index in [1.165, 1.54) is 0 Å². The maximum atomic E-state index is 12.0. The summed E-state index contributed by atoms with van der Waals surface area (Å²) in [6, 6.07) is 12.8. The zero-order valence-corrected chi connectivity index (χ0v) is 16.1. The number of ether oxygens (including phenoxy) is 3. The molecule has 6 heteroatoms. The number of benzene rings is 2. The van der Waals surface area contributed by atoms with Crippen LogP contribution in [0.25, 0.3) is 0 Å². The molecule has 0 spiro atoms. The Morgan fingerprint density at radius 1 is 1.08 bits per heavy atom. The monoisotopic (exact) mass is 407 g/mol. The second-order valence-electron chi connectivity index (χ2n) is 5.65. The molecule has 25 heavy (non-hydrogen) atoms. The molecule has 1 unspecified atom stereocenters. The summed E-state index contributed by atoms with van der Waals surface area (Å²) in [6.07, 6.45) is 0. The number of rotatable bonds is 8. The van der Waals surface area contributed by atoms with E-state index >= 15 is 0 Å². The molecule has 0 aliphatic heterocycles. The first-order chi connectivity index (χ1) is 12.0. The Hall–Kier alpha value is -2.21. The molecule has 0 aliphatic carbocycles. The molecule has 5 nitrogen and oxygen atoms in total. The van der Waals surface area contributed by atoms with Crippen molar-refractivity contribution in [3.8, 4) is 17.2 Å². The number of amides is 1. The molecule has 0 saturated heterocycles. The largest absolute Gasteiger partial charge is 0.497 e. The van der Waals surface area contributed by atoms with Crippen LogP contribution in [-0.4, -0.2) is 32.3 Å². The fraction of sp³-hybridized carbons (Fsp3) is 0.316. The van der Waals surface area contributed by atoms with Gasteiger partial charge in [-0.15, -0.1) is 0 Å². The third-order valence-corrected chi connectivity index (χ3v) is 4.36. The van der Waals surface area contributed by atoms with Crippen molar-refractivity contribution in [3.63, 3.8) is 0 Å². The van der Waals surface area contributed by atoms with Crippen LogP contribution in [0, 0.1) is 6.92 Å². The van der Waals surface area contributed by atoms with Crippen LogP contribution < -0.4 is 19.5 Å². The predicted molar refractivity (Wildman–Crippen MR) is 100 cm³/mol. The van der Waals surface area contributed by atoms with Crippen LogP contribution in [-0.2, 0) is 4.79 Å². The molecule has 0 saturated carbocycles. The number of aryl methyl sites for hydroxylation is 1. The lowest BCUT2D eigenvalue weighted by molar-refractivity contribution is -0.123. The van der Waals surface area contributed by atoms with Gasteiger partial charge in [0.05, 0.1) is 13.2 Å². The fourth-order valence-electron chi connectivity index (χ4n) is 2.11. The third-order valence-electron chi connectivity index (χ3n) is 3.47. The van der Waals surface area contributed by atoms with Crippen LogP contribution in [0.5, 0.6) is 17.2 Å². The first-order valence-electron chi connectivity index (χ1n) is 7.93. The van der Waals surface area contributed by atoms with Gasteiger partial charge in [-0.25, -0.2) is 0 Å². The van der Waals surface area contributed by atoms with Crippen LogP contribution in [0.3, 0.4) is 0 Å². The Kier molecular flexibility index (Phi) is 7.13. The molecule has 0 radical (unpaired) electrons. The van der Waals surface area contributed by atoms with Gasteiger partial charge >= 0.3 is 0 Å². The van der Waals surface area contributed by atoms with Crippen molar-refractivity contribution in [2.24, 2.45) is 0 Å². The minimum Gasteiger partial charge on any atom is -0.497 e. The number of hydrogen-bond acceptors (Lipinski definition) is 4. The van der Waals surface area contributed by atoms with E-state index in [1.54, 1.807) is 7.11 Å². The van der Waals surface area contributed by atoms with E-state index in [0.717, 1.165) is 21.5 Å². The lowest BCUT2D eigenvalue weighted by Gasteiger charge is -2.15. The molecule has 1 N–H and O–H groups in total. The van der Waals surface area contributed by atoms with Crippen molar-refractivity contribution in [2.45, 2.75) is 19.9 Å². The highest BCUT2D eigenvalue weighted by molar-refractivity contribution is 9.10. The summed E-state index contributed by atoms with van der Waals surface area (Å²) in [5.74, 6) is 1.97. The minimum atomic E-state index is -0.189. The van der Waals surface area contributed by atoms with Crippen LogP contribution >= 0.6 is 15.9 Å². The van der Waals surface area contributed by atoms with Crippen LogP contribution in [0.1, 0.15) is 12.5 Å². The molecule has 0 aromatic heterocycles. The summed E-state index contributed by atoms with van der Waals surface area (Å²) in [5, 5.41) is 2.85. The molecule has 1 amide bonds. The van der Waals surface area contributed by atoms with Gasteiger partial charge in [0.25, 0.3) is 5.91 Å². The van der Waals surface area contributed by atoms with E-state index in [1.807, 2.05) is 56.3 Å². The maximum Gasteiger partial charge on any atom is 0.258 e. The number of methoxy groups -OCH3 is 1. The highest BCUT2D eigenvalue weighted by Gasteiger charge is 2.09. The zero-order valence-electron chi connectivity index (χ0n) is 14.5. The molecule has 0 heterocycles. The molecular formula is C19H22BrNO4. The number of carbonyl (C=O) groups excluding carboxylic acids is 1. The molecule has 2 rings (SSSR count). The summed E-state index contributed by atoms with van der Waals surface area (Å²) >= 11 is 3.43. The van der Waals surface area contributed by atoms with Crippen molar-refractivity contribution >= 4 is 21.8 Å². The maximum absolute atomic E-state index is 12.0. The van der Waals surface area contributed by atoms with Gasteiger partial charge in [0.2, 0.25) is 0 Å². The molecule has 1 atom stereocenters. The Labute approximate surface area is 156 Å². The molecular weight excluding hydrogens is 386 g/mol. The number of halogens is 1. The zero-order chi connectivity index (χ0) is 18.2. The Morgan fingerprint density at radius 3 is 2.36 bits per heavy atom. The SMILES string of the molecule is COc1ccc(OCC(C)NC(=O)COc2ccc(Br)c(C)c2)cc1. The molecule has 0 aliphatic rings. The van der Waals surface area contributed by atoms with Gasteiger partial charge in [-0.1, -0.05) is 15.9 Å². The lowest BCUT2D eigenvalue weighted by Crippen LogP contribution is -2.39. The van der Waals surface area contributed by atoms with Gasteiger partial charge < -0.3 is 19.5 Å². The minimum absolute atomic E-state index is 0.0338. The average molecular weight is 408 g/mol. The first-order valence-corrected chi connectivity index (χ1v) is 8.72. The molecule has 2 aromatic rings. The van der Waals surface area contributed by atoms with Crippen molar-refractivity contribution in [3.05, 3.63) is 52.5 Å². The smallest absolute Gasteiger partial charge is 0.258 e. The van der Waals surface area contributed by atoms with Gasteiger partial charge in [-0.05, 0) is 61.9 Å². The van der Waals surface area contributed by atoms with Crippen molar-refractivity contribution in [2.75, 3.05) is 20.3 Å². The molecule has 2 aromatic carbocycles. The highest BCUT2D eigenvalue weighted by Crippen LogP contribution is 2.21. The van der Waals surface area contributed by atoms with Gasteiger partial charge in [-0.3, -0.25) is 4.79 Å². The predicted octanol–water partition coefficient (Wildman–Crippen LogP) is 3.73. The number of carbonyl (C=O) groups is 1. The summed E-state index contributed by atoms with van der Waals surface area (Å²) in [6.45, 7) is 4.18. The number of hydrogen-bond donors (Lipinski definition) is 1. The summed E-state index contributed by atoms with van der Waals surface area (Å²) in [4.78, 5) is 12.0. The van der Waals surface area contributed by atoms with E-state index in [9.17, 15) is 4.79 Å². The summed E-state index contributed by atoms with van der Waals surface area (Å²) in [5.41, 5.74) is 1.05. The van der Waals surface area contributed by atoms with Crippen molar-refractivity contribution < 1.29 is 19.0 Å². The normalized spacial score (nSPS) is 11.5.